The Morgan fingerprint density at radius 3 is 1.61 bits per heavy atom. The topological polar surface area (TPSA) is 63.7 Å². The molecule has 5 nitrogen and oxygen atoms in total. The molecule has 0 spiro atoms. The molecule has 0 saturated heterocycles. The molecular formula is C28H40N4O. The van der Waals surface area contributed by atoms with Gasteiger partial charge in [0.05, 0.1) is 6.61 Å². The monoisotopic (exact) mass is 448 g/mol. The van der Waals surface area contributed by atoms with Crippen LogP contribution in [0.3, 0.4) is 0 Å². The summed E-state index contributed by atoms with van der Waals surface area (Å²) in [6, 6.07) is 16.5. The summed E-state index contributed by atoms with van der Waals surface area (Å²) >= 11 is 0. The number of ether oxygens (including phenoxy) is 1. The van der Waals surface area contributed by atoms with E-state index in [1.54, 1.807) is 0 Å². The second-order valence-electron chi connectivity index (χ2n) is 8.93. The molecule has 1 N–H and O–H groups in total. The summed E-state index contributed by atoms with van der Waals surface area (Å²) in [5, 5.41) is 14.1. The van der Waals surface area contributed by atoms with Crippen molar-refractivity contribution in [2.45, 2.75) is 90.4 Å². The third-order valence-electron chi connectivity index (χ3n) is 6.19. The third kappa shape index (κ3) is 9.37. The van der Waals surface area contributed by atoms with Gasteiger partial charge in [-0.2, -0.15) is 5.21 Å². The lowest BCUT2D eigenvalue weighted by Crippen LogP contribution is -1.97. The molecule has 0 bridgehead atoms. The molecule has 178 valence electrons. The number of hydrogen-bond acceptors (Lipinski definition) is 4. The van der Waals surface area contributed by atoms with E-state index in [1.165, 1.54) is 82.6 Å². The van der Waals surface area contributed by atoms with Crippen molar-refractivity contribution >= 4 is 0 Å². The summed E-state index contributed by atoms with van der Waals surface area (Å²) in [4.78, 5) is 0. The van der Waals surface area contributed by atoms with Crippen molar-refractivity contribution in [1.29, 1.82) is 0 Å². The number of nitrogens with zero attached hydrogens (tertiary/aromatic N) is 3. The van der Waals surface area contributed by atoms with Crippen LogP contribution >= 0.6 is 0 Å². The van der Waals surface area contributed by atoms with Gasteiger partial charge in [0.2, 0.25) is 5.82 Å². The van der Waals surface area contributed by atoms with Crippen LogP contribution in [0.2, 0.25) is 0 Å². The van der Waals surface area contributed by atoms with Crippen molar-refractivity contribution in [1.82, 2.24) is 20.6 Å². The number of rotatable bonds is 17. The second kappa shape index (κ2) is 15.2. The number of hydrogen-bond donors (Lipinski definition) is 1. The van der Waals surface area contributed by atoms with Gasteiger partial charge < -0.3 is 4.74 Å². The van der Waals surface area contributed by atoms with Crippen molar-refractivity contribution < 1.29 is 4.74 Å². The average molecular weight is 449 g/mol. The van der Waals surface area contributed by atoms with Crippen molar-refractivity contribution in [3.8, 4) is 28.3 Å². The van der Waals surface area contributed by atoms with Gasteiger partial charge in [-0.3, -0.25) is 0 Å². The van der Waals surface area contributed by atoms with Crippen LogP contribution in [0.1, 0.15) is 90.4 Å². The summed E-state index contributed by atoms with van der Waals surface area (Å²) in [5.41, 5.74) is 3.28. The molecule has 3 rings (SSSR count). The molecule has 1 heterocycles. The Morgan fingerprint density at radius 1 is 0.606 bits per heavy atom. The van der Waals surface area contributed by atoms with Crippen LogP contribution in [0.25, 0.3) is 22.5 Å². The van der Waals surface area contributed by atoms with Gasteiger partial charge in [-0.05, 0) is 34.9 Å². The van der Waals surface area contributed by atoms with Gasteiger partial charge in [0, 0.05) is 5.56 Å². The maximum absolute atomic E-state index is 5.94. The van der Waals surface area contributed by atoms with Gasteiger partial charge in [-0.1, -0.05) is 120 Å². The van der Waals surface area contributed by atoms with E-state index >= 15 is 0 Å². The zero-order valence-corrected chi connectivity index (χ0v) is 20.3. The van der Waals surface area contributed by atoms with Crippen molar-refractivity contribution in [2.24, 2.45) is 0 Å². The number of tetrazole rings is 1. The van der Waals surface area contributed by atoms with Gasteiger partial charge >= 0.3 is 0 Å². The van der Waals surface area contributed by atoms with E-state index in [4.69, 9.17) is 4.74 Å². The molecule has 0 radical (unpaired) electrons. The Balaban J connectivity index is 1.22. The lowest BCUT2D eigenvalue weighted by Gasteiger charge is -2.08. The average Bonchev–Trinajstić information content (AvgIpc) is 3.40. The first-order valence-corrected chi connectivity index (χ1v) is 12.9. The molecule has 0 atom stereocenters. The minimum absolute atomic E-state index is 0.610. The Hall–Kier alpha value is -2.69. The fraction of sp³-hybridized carbons (Fsp3) is 0.536. The van der Waals surface area contributed by atoms with E-state index in [9.17, 15) is 0 Å². The zero-order chi connectivity index (χ0) is 23.0. The van der Waals surface area contributed by atoms with E-state index < -0.39 is 0 Å². The van der Waals surface area contributed by atoms with Crippen LogP contribution in [-0.4, -0.2) is 27.2 Å². The Kier molecular flexibility index (Phi) is 11.5. The molecule has 0 unspecified atom stereocenters. The minimum atomic E-state index is 0.610. The van der Waals surface area contributed by atoms with Gasteiger partial charge in [0.25, 0.3) is 0 Å². The normalized spacial score (nSPS) is 11.1. The number of aromatic amines is 1. The first-order valence-electron chi connectivity index (χ1n) is 12.9. The van der Waals surface area contributed by atoms with Crippen molar-refractivity contribution in [2.75, 3.05) is 6.61 Å². The highest BCUT2D eigenvalue weighted by Crippen LogP contribution is 2.25. The fourth-order valence-corrected chi connectivity index (χ4v) is 4.15. The lowest BCUT2D eigenvalue weighted by molar-refractivity contribution is 0.304. The number of nitrogens with one attached hydrogen (secondary N) is 1. The first kappa shape index (κ1) is 24.9. The van der Waals surface area contributed by atoms with Gasteiger partial charge in [-0.25, -0.2) is 0 Å². The molecule has 0 fully saturated rings. The standard InChI is InChI=1S/C28H40N4O/c1-2-3-4-5-6-7-8-9-10-11-12-13-14-23-33-27-21-19-25(20-22-27)24-15-17-26(18-16-24)28-29-31-32-30-28/h15-22H,2-14,23H2,1H3,(H,29,30,31,32). The molecule has 0 aliphatic heterocycles. The molecule has 33 heavy (non-hydrogen) atoms. The van der Waals surface area contributed by atoms with Crippen molar-refractivity contribution in [3.63, 3.8) is 0 Å². The second-order valence-corrected chi connectivity index (χ2v) is 8.93. The molecule has 0 aliphatic carbocycles. The maximum Gasteiger partial charge on any atom is 0.204 e. The van der Waals surface area contributed by atoms with Crippen LogP contribution in [0.5, 0.6) is 5.75 Å². The molecule has 0 saturated carbocycles. The Labute approximate surface area is 199 Å². The summed E-state index contributed by atoms with van der Waals surface area (Å²) in [5.74, 6) is 1.56. The summed E-state index contributed by atoms with van der Waals surface area (Å²) in [6.45, 7) is 3.09. The van der Waals surface area contributed by atoms with Gasteiger partial charge in [0.1, 0.15) is 5.75 Å². The third-order valence-corrected chi connectivity index (χ3v) is 6.19. The predicted octanol–water partition coefficient (Wildman–Crippen LogP) is 8.00. The van der Waals surface area contributed by atoms with Crippen LogP contribution in [-0.2, 0) is 0 Å². The predicted molar refractivity (Wildman–Crippen MR) is 136 cm³/mol. The molecule has 2 aromatic carbocycles. The number of H-pyrrole nitrogens is 1. The Bertz CT molecular complexity index is 860. The maximum atomic E-state index is 5.94. The molecule has 0 aliphatic rings. The number of unbranched alkanes of at least 4 members (excludes halogenated alkanes) is 12. The van der Waals surface area contributed by atoms with E-state index in [0.29, 0.717) is 5.82 Å². The quantitative estimate of drug-likeness (QED) is 0.212. The highest BCUT2D eigenvalue weighted by molar-refractivity contribution is 5.67. The molecule has 3 aromatic rings. The highest BCUT2D eigenvalue weighted by atomic mass is 16.5. The van der Waals surface area contributed by atoms with E-state index in [-0.39, 0.29) is 0 Å². The molecular weight excluding hydrogens is 408 g/mol. The van der Waals surface area contributed by atoms with Gasteiger partial charge in [-0.15, -0.1) is 10.2 Å². The number of benzene rings is 2. The zero-order valence-electron chi connectivity index (χ0n) is 20.3. The van der Waals surface area contributed by atoms with Crippen LogP contribution in [0, 0.1) is 0 Å². The summed E-state index contributed by atoms with van der Waals surface area (Å²) in [7, 11) is 0. The van der Waals surface area contributed by atoms with Crippen LogP contribution < -0.4 is 4.74 Å². The largest absolute Gasteiger partial charge is 0.494 e. The van der Waals surface area contributed by atoms with Crippen LogP contribution in [0.15, 0.2) is 48.5 Å². The van der Waals surface area contributed by atoms with E-state index in [0.717, 1.165) is 29.9 Å². The van der Waals surface area contributed by atoms with E-state index in [1.807, 2.05) is 12.1 Å². The summed E-state index contributed by atoms with van der Waals surface area (Å²) in [6.07, 6.45) is 17.8. The first-order chi connectivity index (χ1) is 16.4. The van der Waals surface area contributed by atoms with Gasteiger partial charge in [0.15, 0.2) is 0 Å². The van der Waals surface area contributed by atoms with E-state index in [2.05, 4.69) is 63.9 Å². The molecule has 1 aromatic heterocycles. The summed E-state index contributed by atoms with van der Waals surface area (Å²) < 4.78 is 5.94. The van der Waals surface area contributed by atoms with Crippen molar-refractivity contribution in [3.05, 3.63) is 48.5 Å². The fourth-order valence-electron chi connectivity index (χ4n) is 4.15. The Morgan fingerprint density at radius 2 is 1.09 bits per heavy atom. The molecule has 5 heteroatoms. The highest BCUT2D eigenvalue weighted by Gasteiger charge is 2.04. The number of aromatic nitrogens is 4. The SMILES string of the molecule is CCCCCCCCCCCCCCCOc1ccc(-c2ccc(-c3nn[nH]n3)cc2)cc1. The smallest absolute Gasteiger partial charge is 0.204 e. The minimum Gasteiger partial charge on any atom is -0.494 e. The lowest BCUT2D eigenvalue weighted by atomic mass is 10.0. The molecule has 0 amide bonds. The van der Waals surface area contributed by atoms with Crippen LogP contribution in [0.4, 0.5) is 0 Å².